The summed E-state index contributed by atoms with van der Waals surface area (Å²) in [5, 5.41) is 16.7. The van der Waals surface area contributed by atoms with E-state index in [4.69, 9.17) is 56.6 Å². The van der Waals surface area contributed by atoms with Gasteiger partial charge in [0.2, 0.25) is 0 Å². The molecule has 2 nitrogen and oxygen atoms in total. The molecule has 0 spiro atoms. The molecular formula is C2H2Cl4O2. The van der Waals surface area contributed by atoms with Gasteiger partial charge in [0.05, 0.1) is 0 Å². The quantitative estimate of drug-likeness (QED) is 0.624. The summed E-state index contributed by atoms with van der Waals surface area (Å²) in [4.78, 5) is 0. The fourth-order valence-corrected chi connectivity index (χ4v) is 0. The maximum atomic E-state index is 8.37. The van der Waals surface area contributed by atoms with E-state index in [1.165, 1.54) is 0 Å². The average molecular weight is 200 g/mol. The Bertz CT molecular complexity index is 67.0. The Kier molecular flexibility index (Phi) is 2.69. The highest BCUT2D eigenvalue weighted by Crippen LogP contribution is 2.37. The zero-order valence-corrected chi connectivity index (χ0v) is 6.43. The van der Waals surface area contributed by atoms with Gasteiger partial charge in [-0.2, -0.15) is 0 Å². The molecule has 6 heteroatoms. The molecule has 0 saturated heterocycles. The number of hydrogen-bond acceptors (Lipinski definition) is 2. The molecule has 0 aromatic carbocycles. The van der Waals surface area contributed by atoms with Crippen LogP contribution in [0, 0.1) is 0 Å². The molecule has 0 fully saturated rings. The molecular weight excluding hydrogens is 198 g/mol. The van der Waals surface area contributed by atoms with Gasteiger partial charge in [-0.1, -0.05) is 46.4 Å². The summed E-state index contributed by atoms with van der Waals surface area (Å²) >= 11 is 19.3. The maximum absolute atomic E-state index is 8.37. The van der Waals surface area contributed by atoms with E-state index >= 15 is 0 Å². The van der Waals surface area contributed by atoms with E-state index in [0.29, 0.717) is 0 Å². The van der Waals surface area contributed by atoms with Crippen molar-refractivity contribution in [3.05, 3.63) is 0 Å². The van der Waals surface area contributed by atoms with Gasteiger partial charge >= 0.3 is 0 Å². The van der Waals surface area contributed by atoms with Crippen molar-refractivity contribution in [1.29, 1.82) is 0 Å². The molecule has 0 aliphatic rings. The van der Waals surface area contributed by atoms with Gasteiger partial charge in [-0.15, -0.1) is 0 Å². The summed E-state index contributed by atoms with van der Waals surface area (Å²) < 4.78 is -5.06. The van der Waals surface area contributed by atoms with Crippen LogP contribution in [0.2, 0.25) is 0 Å². The highest BCUT2D eigenvalue weighted by molar-refractivity contribution is 6.60. The fourth-order valence-electron chi connectivity index (χ4n) is 0. The standard InChI is InChI=1S/C2H2Cl4O2/c3-1(4,7)2(5,6)8/h7-8H. The van der Waals surface area contributed by atoms with E-state index in [9.17, 15) is 0 Å². The lowest BCUT2D eigenvalue weighted by molar-refractivity contribution is 0.0665. The second kappa shape index (κ2) is 2.37. The monoisotopic (exact) mass is 198 g/mol. The Labute approximate surface area is 65.9 Å². The first-order valence-corrected chi connectivity index (χ1v) is 2.97. The minimum Gasteiger partial charge on any atom is -0.358 e. The van der Waals surface area contributed by atoms with Gasteiger partial charge in [0, 0.05) is 0 Å². The third-order valence-corrected chi connectivity index (χ3v) is 1.84. The number of aliphatic hydroxyl groups is 2. The smallest absolute Gasteiger partial charge is 0.274 e. The summed E-state index contributed by atoms with van der Waals surface area (Å²) in [6, 6.07) is 0. The predicted octanol–water partition coefficient (Wildman–Crippen LogP) is 1.23. The molecule has 0 rings (SSSR count). The van der Waals surface area contributed by atoms with Crippen LogP contribution in [-0.4, -0.2) is 19.3 Å². The lowest BCUT2D eigenvalue weighted by Crippen LogP contribution is -2.35. The van der Waals surface area contributed by atoms with Crippen LogP contribution in [0.1, 0.15) is 0 Å². The second-order valence-corrected chi connectivity index (χ2v) is 3.66. The van der Waals surface area contributed by atoms with Crippen molar-refractivity contribution in [3.8, 4) is 0 Å². The van der Waals surface area contributed by atoms with Crippen LogP contribution < -0.4 is 0 Å². The highest BCUT2D eigenvalue weighted by atomic mass is 35.5. The zero-order chi connectivity index (χ0) is 7.00. The van der Waals surface area contributed by atoms with Crippen molar-refractivity contribution < 1.29 is 10.2 Å². The summed E-state index contributed by atoms with van der Waals surface area (Å²) in [5.74, 6) is 0. The first-order valence-electron chi connectivity index (χ1n) is 1.45. The van der Waals surface area contributed by atoms with Gasteiger partial charge in [-0.25, -0.2) is 0 Å². The van der Waals surface area contributed by atoms with Crippen molar-refractivity contribution >= 4 is 46.4 Å². The minimum absolute atomic E-state index is 2.53. The number of halogens is 4. The van der Waals surface area contributed by atoms with Gasteiger partial charge in [-0.05, 0) is 0 Å². The first kappa shape index (κ1) is 9.08. The third-order valence-electron chi connectivity index (χ3n) is 0.362. The van der Waals surface area contributed by atoms with E-state index in [0.717, 1.165) is 0 Å². The highest BCUT2D eigenvalue weighted by Gasteiger charge is 2.44. The average Bonchev–Trinajstić information content (AvgIpc) is 1.25. The van der Waals surface area contributed by atoms with E-state index in [1.807, 2.05) is 0 Å². The van der Waals surface area contributed by atoms with Crippen molar-refractivity contribution in [1.82, 2.24) is 0 Å². The number of alkyl halides is 4. The van der Waals surface area contributed by atoms with Crippen LogP contribution in [0.25, 0.3) is 0 Å². The molecule has 0 amide bonds. The van der Waals surface area contributed by atoms with Gasteiger partial charge in [0.15, 0.2) is 0 Å². The van der Waals surface area contributed by atoms with Crippen LogP contribution in [-0.2, 0) is 0 Å². The Morgan fingerprint density at radius 2 is 0.875 bits per heavy atom. The van der Waals surface area contributed by atoms with Crippen molar-refractivity contribution in [2.45, 2.75) is 9.04 Å². The normalized spacial score (nSPS) is 14.2. The topological polar surface area (TPSA) is 40.5 Å². The van der Waals surface area contributed by atoms with Crippen LogP contribution in [0.15, 0.2) is 0 Å². The lowest BCUT2D eigenvalue weighted by Gasteiger charge is -2.20. The SMILES string of the molecule is OC(Cl)(Cl)C(O)(Cl)Cl. The molecule has 0 aliphatic carbocycles. The van der Waals surface area contributed by atoms with E-state index in [2.05, 4.69) is 0 Å². The molecule has 0 saturated carbocycles. The lowest BCUT2D eigenvalue weighted by atomic mass is 10.7. The third kappa shape index (κ3) is 2.58. The predicted molar refractivity (Wildman–Crippen MR) is 33.3 cm³/mol. The Balaban J connectivity index is 4.02. The molecule has 0 aromatic rings. The minimum atomic E-state index is -2.53. The molecule has 0 atom stereocenters. The van der Waals surface area contributed by atoms with Crippen LogP contribution in [0.5, 0.6) is 0 Å². The van der Waals surface area contributed by atoms with Crippen molar-refractivity contribution in [2.24, 2.45) is 0 Å². The van der Waals surface area contributed by atoms with Crippen LogP contribution in [0.4, 0.5) is 0 Å². The summed E-state index contributed by atoms with van der Waals surface area (Å²) in [7, 11) is 0. The molecule has 0 aliphatic heterocycles. The molecule has 8 heavy (non-hydrogen) atoms. The summed E-state index contributed by atoms with van der Waals surface area (Å²) in [6.45, 7) is 0. The first-order chi connectivity index (χ1) is 3.25. The zero-order valence-electron chi connectivity index (χ0n) is 3.41. The molecule has 0 radical (unpaired) electrons. The Morgan fingerprint density at radius 3 is 0.875 bits per heavy atom. The summed E-state index contributed by atoms with van der Waals surface area (Å²) in [6.07, 6.45) is 0. The van der Waals surface area contributed by atoms with Gasteiger partial charge in [-0.3, -0.25) is 0 Å². The molecule has 0 unspecified atom stereocenters. The van der Waals surface area contributed by atoms with Crippen molar-refractivity contribution in [3.63, 3.8) is 0 Å². The molecule has 0 aromatic heterocycles. The van der Waals surface area contributed by atoms with Crippen molar-refractivity contribution in [2.75, 3.05) is 0 Å². The van der Waals surface area contributed by atoms with Gasteiger partial charge < -0.3 is 10.2 Å². The Hall–Kier alpha value is 1.08. The van der Waals surface area contributed by atoms with Gasteiger partial charge in [0.25, 0.3) is 9.04 Å². The summed E-state index contributed by atoms with van der Waals surface area (Å²) in [5.41, 5.74) is 0. The molecule has 0 bridgehead atoms. The molecule has 0 heterocycles. The maximum Gasteiger partial charge on any atom is 0.274 e. The fraction of sp³-hybridized carbons (Fsp3) is 1.00. The van der Waals surface area contributed by atoms with Crippen LogP contribution in [0.3, 0.4) is 0 Å². The van der Waals surface area contributed by atoms with E-state index in [-0.39, 0.29) is 0 Å². The molecule has 50 valence electrons. The van der Waals surface area contributed by atoms with E-state index in [1.54, 1.807) is 0 Å². The number of rotatable bonds is 1. The second-order valence-electron chi connectivity index (χ2n) is 1.08. The molecule has 2 N–H and O–H groups in total. The van der Waals surface area contributed by atoms with E-state index < -0.39 is 9.04 Å². The Morgan fingerprint density at radius 1 is 0.750 bits per heavy atom. The number of hydrogen-bond donors (Lipinski definition) is 2. The largest absolute Gasteiger partial charge is 0.358 e. The van der Waals surface area contributed by atoms with Gasteiger partial charge in [0.1, 0.15) is 0 Å². The van der Waals surface area contributed by atoms with Crippen LogP contribution >= 0.6 is 46.4 Å².